The van der Waals surface area contributed by atoms with Crippen molar-refractivity contribution in [2.24, 2.45) is 5.92 Å². The molecule has 1 aliphatic heterocycles. The highest BCUT2D eigenvalue weighted by atomic mass is 35.5. The third-order valence-corrected chi connectivity index (χ3v) is 5.90. The summed E-state index contributed by atoms with van der Waals surface area (Å²) < 4.78 is 41.9. The van der Waals surface area contributed by atoms with Gasteiger partial charge in [-0.2, -0.15) is 13.2 Å². The van der Waals surface area contributed by atoms with Gasteiger partial charge in [-0.15, -0.1) is 0 Å². The Morgan fingerprint density at radius 1 is 1.19 bits per heavy atom. The number of imidazole rings is 1. The summed E-state index contributed by atoms with van der Waals surface area (Å²) in [6.45, 7) is 3.14. The van der Waals surface area contributed by atoms with Crippen molar-refractivity contribution >= 4 is 39.9 Å². The molecule has 9 heteroatoms. The summed E-state index contributed by atoms with van der Waals surface area (Å²) in [5.41, 5.74) is 2.36. The predicted molar refractivity (Wildman–Crippen MR) is 115 cm³/mol. The first kappa shape index (κ1) is 21.5. The summed E-state index contributed by atoms with van der Waals surface area (Å²) in [6, 6.07) is 12.2. The number of aromatic nitrogens is 2. The molecule has 1 N–H and O–H groups in total. The lowest BCUT2D eigenvalue weighted by Gasteiger charge is -2.34. The van der Waals surface area contributed by atoms with Crippen molar-refractivity contribution < 1.29 is 18.0 Å². The molecule has 5 nitrogen and oxygen atoms in total. The fourth-order valence-electron chi connectivity index (χ4n) is 4.10. The van der Waals surface area contributed by atoms with E-state index in [0.29, 0.717) is 34.8 Å². The van der Waals surface area contributed by atoms with Crippen LogP contribution in [0.1, 0.15) is 25.6 Å². The maximum Gasteiger partial charge on any atom is 0.449 e. The van der Waals surface area contributed by atoms with E-state index < -0.39 is 12.0 Å². The number of piperidine rings is 1. The Balaban J connectivity index is 1.47. The lowest BCUT2D eigenvalue weighted by molar-refractivity contribution is -0.147. The quantitative estimate of drug-likeness (QED) is 0.564. The Morgan fingerprint density at radius 3 is 2.55 bits per heavy atom. The number of alkyl halides is 3. The summed E-state index contributed by atoms with van der Waals surface area (Å²) in [4.78, 5) is 17.2. The van der Waals surface area contributed by atoms with Gasteiger partial charge < -0.3 is 14.8 Å². The van der Waals surface area contributed by atoms with Gasteiger partial charge in [0.05, 0.1) is 21.7 Å². The van der Waals surface area contributed by atoms with Crippen molar-refractivity contribution in [3.63, 3.8) is 0 Å². The second-order valence-corrected chi connectivity index (χ2v) is 8.22. The zero-order valence-corrected chi connectivity index (χ0v) is 17.7. The number of carbonyl (C=O) groups is 1. The number of fused-ring (bicyclic) bond motifs is 1. The molecule has 1 aromatic heterocycles. The van der Waals surface area contributed by atoms with E-state index >= 15 is 0 Å². The van der Waals surface area contributed by atoms with Crippen molar-refractivity contribution in [2.75, 3.05) is 23.3 Å². The van der Waals surface area contributed by atoms with Gasteiger partial charge in [-0.25, -0.2) is 4.98 Å². The van der Waals surface area contributed by atoms with Crippen LogP contribution in [0.5, 0.6) is 0 Å². The highest BCUT2D eigenvalue weighted by molar-refractivity contribution is 6.34. The lowest BCUT2D eigenvalue weighted by Crippen LogP contribution is -2.35. The smallest absolute Gasteiger partial charge is 0.371 e. The molecule has 4 rings (SSSR count). The average Bonchev–Trinajstić information content (AvgIpc) is 3.09. The standard InChI is InChI=1S/C22H22ClF3N4O/c1-14(31)27-18-7-6-16(12-17(18)23)29-10-8-15(9-11-29)13-30-20-5-3-2-4-19(20)28-21(30)22(24,25)26/h2-7,12,15H,8-11,13H2,1H3,(H,27,31). The first-order valence-electron chi connectivity index (χ1n) is 10.1. The molecular formula is C22H22ClF3N4O. The molecule has 0 bridgehead atoms. The number of rotatable bonds is 4. The summed E-state index contributed by atoms with van der Waals surface area (Å²) in [5, 5.41) is 3.13. The van der Waals surface area contributed by atoms with Crippen molar-refractivity contribution in [3.8, 4) is 0 Å². The van der Waals surface area contributed by atoms with E-state index in [2.05, 4.69) is 15.2 Å². The van der Waals surface area contributed by atoms with Crippen LogP contribution in [0.25, 0.3) is 11.0 Å². The third kappa shape index (κ3) is 4.63. The van der Waals surface area contributed by atoms with E-state index in [1.807, 2.05) is 6.07 Å². The van der Waals surface area contributed by atoms with Gasteiger partial charge in [-0.05, 0) is 49.1 Å². The predicted octanol–water partition coefficient (Wildman–Crippen LogP) is 5.58. The van der Waals surface area contributed by atoms with Crippen LogP contribution in [-0.4, -0.2) is 28.5 Å². The van der Waals surface area contributed by atoms with Crippen LogP contribution in [0.3, 0.4) is 0 Å². The van der Waals surface area contributed by atoms with Crippen LogP contribution in [0.2, 0.25) is 5.02 Å². The number of amides is 1. The number of nitrogens with one attached hydrogen (secondary N) is 1. The molecule has 0 spiro atoms. The number of para-hydroxylation sites is 2. The number of benzene rings is 2. The van der Waals surface area contributed by atoms with Crippen molar-refractivity contribution in [2.45, 2.75) is 32.5 Å². The number of halogens is 4. The second kappa shape index (κ2) is 8.42. The molecule has 1 saturated heterocycles. The van der Waals surface area contributed by atoms with Crippen molar-refractivity contribution in [1.82, 2.24) is 9.55 Å². The van der Waals surface area contributed by atoms with Gasteiger partial charge >= 0.3 is 6.18 Å². The van der Waals surface area contributed by atoms with Gasteiger partial charge in [0.2, 0.25) is 11.7 Å². The number of hydrogen-bond acceptors (Lipinski definition) is 3. The molecule has 3 aromatic rings. The SMILES string of the molecule is CC(=O)Nc1ccc(N2CCC(Cn3c(C(F)(F)F)nc4ccccc43)CC2)cc1Cl. The van der Waals surface area contributed by atoms with Crippen LogP contribution in [0.15, 0.2) is 42.5 Å². The minimum absolute atomic E-state index is 0.115. The zero-order valence-electron chi connectivity index (χ0n) is 16.9. The Bertz CT molecular complexity index is 1100. The molecule has 1 aliphatic rings. The van der Waals surface area contributed by atoms with Gasteiger partial charge in [-0.3, -0.25) is 4.79 Å². The Morgan fingerprint density at radius 2 is 1.90 bits per heavy atom. The maximum atomic E-state index is 13.5. The van der Waals surface area contributed by atoms with E-state index in [-0.39, 0.29) is 18.4 Å². The normalized spacial score (nSPS) is 15.5. The minimum atomic E-state index is -4.49. The Hall–Kier alpha value is -2.74. The molecule has 0 saturated carbocycles. The van der Waals surface area contributed by atoms with Crippen LogP contribution >= 0.6 is 11.6 Å². The number of nitrogens with zero attached hydrogens (tertiary/aromatic N) is 3. The lowest BCUT2D eigenvalue weighted by atomic mass is 9.96. The molecule has 0 radical (unpaired) electrons. The highest BCUT2D eigenvalue weighted by Crippen LogP contribution is 2.34. The summed E-state index contributed by atoms with van der Waals surface area (Å²) in [7, 11) is 0. The van der Waals surface area contributed by atoms with Gasteiger partial charge in [0, 0.05) is 32.2 Å². The number of anilines is 2. The topological polar surface area (TPSA) is 50.2 Å². The number of carbonyl (C=O) groups excluding carboxylic acids is 1. The molecule has 2 heterocycles. The van der Waals surface area contributed by atoms with Gasteiger partial charge in [0.25, 0.3) is 0 Å². The molecule has 1 fully saturated rings. The monoisotopic (exact) mass is 450 g/mol. The summed E-state index contributed by atoms with van der Waals surface area (Å²) in [5.74, 6) is -0.915. The van der Waals surface area contributed by atoms with E-state index in [1.54, 1.807) is 36.4 Å². The molecule has 2 aromatic carbocycles. The maximum absolute atomic E-state index is 13.5. The van der Waals surface area contributed by atoms with Gasteiger partial charge in [0.1, 0.15) is 0 Å². The van der Waals surface area contributed by atoms with Crippen LogP contribution in [-0.2, 0) is 17.5 Å². The Kier molecular flexibility index (Phi) is 5.83. The number of hydrogen-bond donors (Lipinski definition) is 1. The molecule has 0 aliphatic carbocycles. The molecule has 31 heavy (non-hydrogen) atoms. The average molecular weight is 451 g/mol. The zero-order chi connectivity index (χ0) is 22.2. The molecule has 0 unspecified atom stereocenters. The third-order valence-electron chi connectivity index (χ3n) is 5.59. The largest absolute Gasteiger partial charge is 0.449 e. The molecule has 0 atom stereocenters. The van der Waals surface area contributed by atoms with E-state index in [9.17, 15) is 18.0 Å². The van der Waals surface area contributed by atoms with Gasteiger partial charge in [0.15, 0.2) is 0 Å². The van der Waals surface area contributed by atoms with E-state index in [1.165, 1.54) is 11.5 Å². The molecule has 164 valence electrons. The second-order valence-electron chi connectivity index (χ2n) is 7.81. The van der Waals surface area contributed by atoms with Gasteiger partial charge in [-0.1, -0.05) is 23.7 Å². The van der Waals surface area contributed by atoms with E-state index in [4.69, 9.17) is 11.6 Å². The summed E-state index contributed by atoms with van der Waals surface area (Å²) in [6.07, 6.45) is -2.98. The molecule has 1 amide bonds. The minimum Gasteiger partial charge on any atom is -0.371 e. The van der Waals surface area contributed by atoms with Crippen molar-refractivity contribution in [1.29, 1.82) is 0 Å². The van der Waals surface area contributed by atoms with Crippen molar-refractivity contribution in [3.05, 3.63) is 53.3 Å². The first-order chi connectivity index (χ1) is 14.7. The van der Waals surface area contributed by atoms with Crippen LogP contribution in [0, 0.1) is 5.92 Å². The van der Waals surface area contributed by atoms with Crippen LogP contribution in [0.4, 0.5) is 24.5 Å². The fraction of sp³-hybridized carbons (Fsp3) is 0.364. The summed E-state index contributed by atoms with van der Waals surface area (Å²) >= 11 is 6.27. The van der Waals surface area contributed by atoms with E-state index in [0.717, 1.165) is 18.5 Å². The molecular weight excluding hydrogens is 429 g/mol. The Labute approximate surface area is 182 Å². The fourth-order valence-corrected chi connectivity index (χ4v) is 4.32. The van der Waals surface area contributed by atoms with Crippen LogP contribution < -0.4 is 10.2 Å². The first-order valence-corrected chi connectivity index (χ1v) is 10.4. The highest BCUT2D eigenvalue weighted by Gasteiger charge is 2.38.